The molecule has 2 atom stereocenters. The Morgan fingerprint density at radius 3 is 2.62 bits per heavy atom. The molecule has 1 aliphatic carbocycles. The number of pyridine rings is 1. The van der Waals surface area contributed by atoms with E-state index in [2.05, 4.69) is 9.97 Å². The molecular formula is C31H28F5N5O. The van der Waals surface area contributed by atoms with E-state index in [-0.39, 0.29) is 12.4 Å². The summed E-state index contributed by atoms with van der Waals surface area (Å²) in [4.78, 5) is 8.72. The molecule has 0 saturated heterocycles. The number of H-pyrrole nitrogens is 1. The van der Waals surface area contributed by atoms with E-state index in [1.165, 1.54) is 7.11 Å². The number of ether oxygens (including phenoxy) is 1. The van der Waals surface area contributed by atoms with Gasteiger partial charge in [-0.05, 0) is 43.5 Å². The Kier molecular flexibility index (Phi) is 5.61. The Morgan fingerprint density at radius 2 is 1.93 bits per heavy atom. The van der Waals surface area contributed by atoms with Gasteiger partial charge in [0.2, 0.25) is 0 Å². The van der Waals surface area contributed by atoms with E-state index in [1.54, 1.807) is 18.0 Å². The molecule has 7 rings (SSSR count). The second-order valence-electron chi connectivity index (χ2n) is 11.4. The fraction of sp³-hybridized carbons (Fsp3) is 0.355. The molecule has 1 N–H and O–H groups in total. The van der Waals surface area contributed by atoms with Crippen LogP contribution in [0.25, 0.3) is 11.3 Å². The van der Waals surface area contributed by atoms with Crippen molar-refractivity contribution in [1.82, 2.24) is 19.7 Å². The van der Waals surface area contributed by atoms with Crippen molar-refractivity contribution in [2.24, 2.45) is 0 Å². The minimum atomic E-state index is -4.70. The Morgan fingerprint density at radius 1 is 1.14 bits per heavy atom. The van der Waals surface area contributed by atoms with Gasteiger partial charge in [-0.2, -0.15) is 18.3 Å². The van der Waals surface area contributed by atoms with E-state index < -0.39 is 34.4 Å². The summed E-state index contributed by atoms with van der Waals surface area (Å²) in [6.45, 7) is 6.16. The maximum Gasteiger partial charge on any atom is 0.417 e. The van der Waals surface area contributed by atoms with Gasteiger partial charge in [-0.25, -0.2) is 18.4 Å². The summed E-state index contributed by atoms with van der Waals surface area (Å²) in [6.07, 6.45) is -1.19. The lowest BCUT2D eigenvalue weighted by Crippen LogP contribution is -2.44. The molecule has 3 aromatic heterocycles. The third-order valence-electron chi connectivity index (χ3n) is 9.25. The number of hydrogen-bond donors (Lipinski definition) is 1. The number of benzene rings is 1. The number of allylic oxidation sites excluding steroid dienone is 1. The molecule has 0 saturated carbocycles. The van der Waals surface area contributed by atoms with Crippen LogP contribution in [0.5, 0.6) is 0 Å². The predicted octanol–water partition coefficient (Wildman–Crippen LogP) is 6.75. The summed E-state index contributed by atoms with van der Waals surface area (Å²) in [6, 6.07) is 8.23. The zero-order valence-electron chi connectivity index (χ0n) is 23.5. The molecule has 11 heteroatoms. The molecule has 42 heavy (non-hydrogen) atoms. The molecule has 3 aliphatic rings. The number of aromatic nitrogens is 4. The number of para-hydroxylation sites is 1. The largest absolute Gasteiger partial charge is 0.417 e. The number of nitrogens with zero attached hydrogens (tertiary/aromatic N) is 4. The molecule has 0 amide bonds. The standard InChI is InChI=1S/C31H28F5N5O/c1-5-16-7-6-8-18-23-25(33)30(3,42-4)26-20(9-11-37-26)29(23,2)27-19-15-40(12-10-22(19)39-41(27)24(16)18)28-21(32)13-17(14-38-28)31(34,35)36/h6-9,11,13-14,37H,5,10,12,15H2,1-4H3. The number of halogens is 5. The fourth-order valence-corrected chi connectivity index (χ4v) is 7.08. The topological polar surface area (TPSA) is 59.0 Å². The molecule has 0 spiro atoms. The van der Waals surface area contributed by atoms with E-state index in [4.69, 9.17) is 9.84 Å². The van der Waals surface area contributed by atoms with Gasteiger partial charge in [-0.3, -0.25) is 0 Å². The number of aromatic amines is 1. The van der Waals surface area contributed by atoms with Gasteiger partial charge in [0.25, 0.3) is 0 Å². The zero-order valence-corrected chi connectivity index (χ0v) is 23.5. The average Bonchev–Trinajstić information content (AvgIpc) is 3.62. The second-order valence-corrected chi connectivity index (χ2v) is 11.4. The Hall–Kier alpha value is -3.99. The number of aryl methyl sites for hydroxylation is 1. The van der Waals surface area contributed by atoms with E-state index in [1.807, 2.05) is 42.8 Å². The van der Waals surface area contributed by atoms with Gasteiger partial charge >= 0.3 is 6.18 Å². The van der Waals surface area contributed by atoms with Crippen molar-refractivity contribution in [2.45, 2.75) is 57.3 Å². The van der Waals surface area contributed by atoms with Crippen molar-refractivity contribution >= 4 is 11.4 Å². The number of nitrogens with one attached hydrogen (secondary N) is 1. The number of fused-ring (bicyclic) bond motifs is 10. The Bertz CT molecular complexity index is 1800. The molecule has 218 valence electrons. The first-order valence-electron chi connectivity index (χ1n) is 13.8. The number of methoxy groups -OCH3 is 1. The molecule has 0 fully saturated rings. The minimum Gasteiger partial charge on any atom is -0.365 e. The lowest BCUT2D eigenvalue weighted by Gasteiger charge is -2.46. The molecule has 0 bridgehead atoms. The fourth-order valence-electron chi connectivity index (χ4n) is 7.08. The summed E-state index contributed by atoms with van der Waals surface area (Å²) < 4.78 is 79.4. The van der Waals surface area contributed by atoms with Gasteiger partial charge in [0.05, 0.1) is 33.7 Å². The van der Waals surface area contributed by atoms with E-state index in [0.29, 0.717) is 42.9 Å². The molecule has 4 aromatic rings. The van der Waals surface area contributed by atoms with Crippen LogP contribution >= 0.6 is 0 Å². The van der Waals surface area contributed by atoms with Crippen molar-refractivity contribution < 1.29 is 26.7 Å². The van der Waals surface area contributed by atoms with Crippen LogP contribution in [0.15, 0.2) is 48.6 Å². The third kappa shape index (κ3) is 3.34. The second kappa shape index (κ2) is 8.76. The molecule has 5 heterocycles. The summed E-state index contributed by atoms with van der Waals surface area (Å²) in [5.74, 6) is -1.63. The molecule has 2 unspecified atom stereocenters. The Balaban J connectivity index is 1.48. The molecular weight excluding hydrogens is 553 g/mol. The zero-order chi connectivity index (χ0) is 29.8. The van der Waals surface area contributed by atoms with Gasteiger partial charge in [-0.15, -0.1) is 0 Å². The minimum absolute atomic E-state index is 0.148. The first-order chi connectivity index (χ1) is 19.9. The van der Waals surface area contributed by atoms with E-state index in [9.17, 15) is 13.2 Å². The lowest BCUT2D eigenvalue weighted by atomic mass is 9.61. The number of rotatable bonds is 3. The van der Waals surface area contributed by atoms with Crippen molar-refractivity contribution in [3.8, 4) is 5.69 Å². The highest BCUT2D eigenvalue weighted by molar-refractivity contribution is 5.91. The van der Waals surface area contributed by atoms with Crippen LogP contribution in [0.1, 0.15) is 65.7 Å². The summed E-state index contributed by atoms with van der Waals surface area (Å²) in [5.41, 5.74) is 3.20. The van der Waals surface area contributed by atoms with Gasteiger partial charge in [0, 0.05) is 55.7 Å². The van der Waals surface area contributed by atoms with Crippen molar-refractivity contribution in [3.63, 3.8) is 0 Å². The molecule has 2 aliphatic heterocycles. The highest BCUT2D eigenvalue weighted by atomic mass is 19.4. The van der Waals surface area contributed by atoms with Crippen LogP contribution in [0.4, 0.5) is 27.8 Å². The molecule has 6 nitrogen and oxygen atoms in total. The molecule has 0 radical (unpaired) electrons. The van der Waals surface area contributed by atoms with Crippen LogP contribution in [0.2, 0.25) is 0 Å². The van der Waals surface area contributed by atoms with E-state index in [0.717, 1.165) is 39.3 Å². The summed E-state index contributed by atoms with van der Waals surface area (Å²) in [7, 11) is 1.48. The van der Waals surface area contributed by atoms with Gasteiger partial charge in [-0.1, -0.05) is 25.1 Å². The monoisotopic (exact) mass is 581 g/mol. The van der Waals surface area contributed by atoms with Crippen LogP contribution in [0, 0.1) is 5.82 Å². The van der Waals surface area contributed by atoms with Crippen LogP contribution < -0.4 is 4.90 Å². The van der Waals surface area contributed by atoms with Crippen molar-refractivity contribution in [1.29, 1.82) is 0 Å². The number of alkyl halides is 3. The van der Waals surface area contributed by atoms with Gasteiger partial charge < -0.3 is 14.6 Å². The van der Waals surface area contributed by atoms with Crippen LogP contribution in [0.3, 0.4) is 0 Å². The third-order valence-corrected chi connectivity index (χ3v) is 9.25. The lowest BCUT2D eigenvalue weighted by molar-refractivity contribution is -0.138. The van der Waals surface area contributed by atoms with Gasteiger partial charge in [0.1, 0.15) is 5.83 Å². The number of anilines is 1. The Labute approximate surface area is 238 Å². The normalized spacial score (nSPS) is 22.8. The first-order valence-corrected chi connectivity index (χ1v) is 13.8. The quantitative estimate of drug-likeness (QED) is 0.272. The SMILES string of the molecule is CCc1cccc2c1-n1nc3c(c1C1(C)C2=C(F)C(C)(OC)c2[nH]ccc21)CN(c1ncc(C(F)(F)F)cc1F)CC3. The molecule has 1 aromatic carbocycles. The smallest absolute Gasteiger partial charge is 0.365 e. The maximum atomic E-state index is 17.0. The average molecular weight is 582 g/mol. The van der Waals surface area contributed by atoms with Crippen molar-refractivity contribution in [3.05, 3.63) is 99.3 Å². The van der Waals surface area contributed by atoms with Crippen LogP contribution in [-0.2, 0) is 41.3 Å². The maximum absolute atomic E-state index is 17.0. The first kappa shape index (κ1) is 26.9. The highest BCUT2D eigenvalue weighted by Gasteiger charge is 2.56. The van der Waals surface area contributed by atoms with Crippen LogP contribution in [-0.4, -0.2) is 33.4 Å². The summed E-state index contributed by atoms with van der Waals surface area (Å²) >= 11 is 0. The highest BCUT2D eigenvalue weighted by Crippen LogP contribution is 2.60. The van der Waals surface area contributed by atoms with Gasteiger partial charge in [0.15, 0.2) is 17.2 Å². The number of hydrogen-bond acceptors (Lipinski definition) is 4. The van der Waals surface area contributed by atoms with Crippen molar-refractivity contribution in [2.75, 3.05) is 18.6 Å². The van der Waals surface area contributed by atoms with E-state index >= 15 is 8.78 Å². The summed E-state index contributed by atoms with van der Waals surface area (Å²) in [5, 5.41) is 5.05. The predicted molar refractivity (Wildman–Crippen MR) is 147 cm³/mol.